The Morgan fingerprint density at radius 2 is 2.24 bits per heavy atom. The van der Waals surface area contributed by atoms with Crippen LogP contribution in [0.15, 0.2) is 29.1 Å². The van der Waals surface area contributed by atoms with Crippen LogP contribution >= 0.6 is 11.8 Å². The Morgan fingerprint density at radius 1 is 1.47 bits per heavy atom. The molecule has 2 aromatic rings. The Balaban J connectivity index is 2.28. The minimum absolute atomic E-state index is 0.0772. The number of nitrogens with one attached hydrogen (secondary N) is 1. The summed E-state index contributed by atoms with van der Waals surface area (Å²) >= 11 is 1.69. The quantitative estimate of drug-likeness (QED) is 0.861. The number of thioether (sulfide) groups is 1. The van der Waals surface area contributed by atoms with Crippen molar-refractivity contribution in [2.24, 2.45) is 5.73 Å². The van der Waals surface area contributed by atoms with Gasteiger partial charge in [0.05, 0.1) is 16.7 Å². The maximum Gasteiger partial charge on any atom is 0.258 e. The molecule has 0 aliphatic rings. The van der Waals surface area contributed by atoms with Gasteiger partial charge in [-0.2, -0.15) is 0 Å². The van der Waals surface area contributed by atoms with Gasteiger partial charge in [-0.1, -0.05) is 19.1 Å². The summed E-state index contributed by atoms with van der Waals surface area (Å²) in [5.74, 6) is 1.39. The van der Waals surface area contributed by atoms with E-state index in [1.807, 2.05) is 18.2 Å². The van der Waals surface area contributed by atoms with E-state index in [0.29, 0.717) is 28.8 Å². The van der Waals surface area contributed by atoms with Gasteiger partial charge >= 0.3 is 0 Å². The van der Waals surface area contributed by atoms with E-state index in [1.54, 1.807) is 17.8 Å². The molecule has 0 amide bonds. The van der Waals surface area contributed by atoms with Crippen molar-refractivity contribution in [2.75, 3.05) is 6.54 Å². The van der Waals surface area contributed by atoms with Gasteiger partial charge in [0.2, 0.25) is 0 Å². The highest BCUT2D eigenvalue weighted by Crippen LogP contribution is 2.15. The van der Waals surface area contributed by atoms with Gasteiger partial charge in [-0.25, -0.2) is 4.98 Å². The molecule has 0 bridgehead atoms. The van der Waals surface area contributed by atoms with Crippen molar-refractivity contribution >= 4 is 22.7 Å². The fourth-order valence-corrected chi connectivity index (χ4v) is 2.21. The predicted octanol–water partition coefficient (Wildman–Crippen LogP) is 1.50. The van der Waals surface area contributed by atoms with Crippen LogP contribution in [0.25, 0.3) is 10.9 Å². The van der Waals surface area contributed by atoms with Crippen molar-refractivity contribution < 1.29 is 0 Å². The summed E-state index contributed by atoms with van der Waals surface area (Å²) in [6.07, 6.45) is 0. The van der Waals surface area contributed by atoms with Crippen LogP contribution in [0.2, 0.25) is 0 Å². The van der Waals surface area contributed by atoms with Gasteiger partial charge in [-0.15, -0.1) is 11.8 Å². The molecular formula is C12H15N3OS. The largest absolute Gasteiger partial charge is 0.329 e. The highest BCUT2D eigenvalue weighted by atomic mass is 32.2. The number of rotatable bonds is 4. The lowest BCUT2D eigenvalue weighted by atomic mass is 10.2. The molecule has 90 valence electrons. The highest BCUT2D eigenvalue weighted by Gasteiger charge is 2.05. The Bertz CT molecular complexity index is 567. The molecule has 1 aromatic heterocycles. The van der Waals surface area contributed by atoms with Gasteiger partial charge in [0.15, 0.2) is 0 Å². The third-order valence-corrected chi connectivity index (χ3v) is 3.70. The molecule has 1 unspecified atom stereocenters. The third kappa shape index (κ3) is 2.87. The van der Waals surface area contributed by atoms with Crippen molar-refractivity contribution in [2.45, 2.75) is 17.9 Å². The van der Waals surface area contributed by atoms with Crippen LogP contribution in [0.1, 0.15) is 12.7 Å². The lowest BCUT2D eigenvalue weighted by Crippen LogP contribution is -2.15. The van der Waals surface area contributed by atoms with Gasteiger partial charge in [0.25, 0.3) is 5.56 Å². The summed E-state index contributed by atoms with van der Waals surface area (Å²) < 4.78 is 0. The standard InChI is InChI=1S/C12H15N3OS/c1-8(6-13)17-7-11-14-10-5-3-2-4-9(10)12(16)15-11/h2-5,8H,6-7,13H2,1H3,(H,14,15,16). The van der Waals surface area contributed by atoms with E-state index in [0.717, 1.165) is 5.52 Å². The molecule has 0 spiro atoms. The zero-order chi connectivity index (χ0) is 12.3. The smallest absolute Gasteiger partial charge is 0.258 e. The molecule has 1 aromatic carbocycles. The molecule has 4 nitrogen and oxygen atoms in total. The van der Waals surface area contributed by atoms with E-state index < -0.39 is 0 Å². The first-order chi connectivity index (χ1) is 8.20. The van der Waals surface area contributed by atoms with Crippen molar-refractivity contribution in [3.8, 4) is 0 Å². The molecule has 17 heavy (non-hydrogen) atoms. The number of para-hydroxylation sites is 1. The molecule has 0 aliphatic carbocycles. The Morgan fingerprint density at radius 3 is 3.00 bits per heavy atom. The van der Waals surface area contributed by atoms with Crippen molar-refractivity contribution in [3.63, 3.8) is 0 Å². The molecule has 0 aliphatic heterocycles. The summed E-state index contributed by atoms with van der Waals surface area (Å²) in [7, 11) is 0. The second-order valence-electron chi connectivity index (χ2n) is 3.89. The van der Waals surface area contributed by atoms with Crippen molar-refractivity contribution in [1.29, 1.82) is 0 Å². The van der Waals surface area contributed by atoms with Crippen LogP contribution in [0, 0.1) is 0 Å². The van der Waals surface area contributed by atoms with E-state index in [9.17, 15) is 4.79 Å². The molecule has 0 fully saturated rings. The number of hydrogen-bond donors (Lipinski definition) is 2. The van der Waals surface area contributed by atoms with E-state index in [4.69, 9.17) is 5.73 Å². The summed E-state index contributed by atoms with van der Waals surface area (Å²) in [5.41, 5.74) is 6.21. The zero-order valence-corrected chi connectivity index (χ0v) is 10.5. The molecule has 5 heteroatoms. The zero-order valence-electron chi connectivity index (χ0n) is 9.64. The second kappa shape index (κ2) is 5.33. The molecule has 0 saturated heterocycles. The number of nitrogens with two attached hydrogens (primary N) is 1. The van der Waals surface area contributed by atoms with Crippen LogP contribution in [0.3, 0.4) is 0 Å². The molecular weight excluding hydrogens is 234 g/mol. The van der Waals surface area contributed by atoms with Crippen LogP contribution < -0.4 is 11.3 Å². The van der Waals surface area contributed by atoms with Gasteiger partial charge in [0, 0.05) is 11.8 Å². The summed E-state index contributed by atoms with van der Waals surface area (Å²) in [5, 5.41) is 1.000. The Labute approximate surface area is 104 Å². The van der Waals surface area contributed by atoms with E-state index in [2.05, 4.69) is 16.9 Å². The molecule has 2 rings (SSSR count). The molecule has 0 saturated carbocycles. The number of benzene rings is 1. The highest BCUT2D eigenvalue weighted by molar-refractivity contribution is 7.99. The number of H-pyrrole nitrogens is 1. The molecule has 1 heterocycles. The minimum atomic E-state index is -0.0772. The van der Waals surface area contributed by atoms with Gasteiger partial charge in [0.1, 0.15) is 5.82 Å². The number of aromatic amines is 1. The van der Waals surface area contributed by atoms with E-state index >= 15 is 0 Å². The van der Waals surface area contributed by atoms with E-state index in [-0.39, 0.29) is 5.56 Å². The van der Waals surface area contributed by atoms with Gasteiger partial charge in [-0.3, -0.25) is 4.79 Å². The van der Waals surface area contributed by atoms with Crippen LogP contribution in [0.5, 0.6) is 0 Å². The normalized spacial score (nSPS) is 12.8. The van der Waals surface area contributed by atoms with Crippen LogP contribution in [0.4, 0.5) is 0 Å². The molecule has 0 radical (unpaired) electrons. The third-order valence-electron chi connectivity index (χ3n) is 2.50. The minimum Gasteiger partial charge on any atom is -0.329 e. The van der Waals surface area contributed by atoms with Crippen LogP contribution in [-0.2, 0) is 5.75 Å². The first-order valence-corrected chi connectivity index (χ1v) is 6.55. The number of hydrogen-bond acceptors (Lipinski definition) is 4. The number of nitrogens with zero attached hydrogens (tertiary/aromatic N) is 1. The molecule has 3 N–H and O–H groups in total. The first-order valence-electron chi connectivity index (χ1n) is 5.50. The van der Waals surface area contributed by atoms with Crippen LogP contribution in [-0.4, -0.2) is 21.8 Å². The van der Waals surface area contributed by atoms with Crippen molar-refractivity contribution in [3.05, 3.63) is 40.4 Å². The average Bonchev–Trinajstić information content (AvgIpc) is 2.36. The molecule has 1 atom stereocenters. The maximum atomic E-state index is 11.8. The van der Waals surface area contributed by atoms with Gasteiger partial charge < -0.3 is 10.7 Å². The van der Waals surface area contributed by atoms with Gasteiger partial charge in [-0.05, 0) is 12.1 Å². The average molecular weight is 249 g/mol. The topological polar surface area (TPSA) is 71.8 Å². The second-order valence-corrected chi connectivity index (χ2v) is 5.31. The first kappa shape index (κ1) is 12.1. The lowest BCUT2D eigenvalue weighted by molar-refractivity contribution is 0.944. The monoisotopic (exact) mass is 249 g/mol. The maximum absolute atomic E-state index is 11.8. The fourth-order valence-electron chi connectivity index (χ4n) is 1.49. The fraction of sp³-hybridized carbons (Fsp3) is 0.333. The van der Waals surface area contributed by atoms with E-state index in [1.165, 1.54) is 0 Å². The SMILES string of the molecule is CC(CN)SCc1nc2ccccc2c(=O)[nH]1. The lowest BCUT2D eigenvalue weighted by Gasteiger charge is -2.07. The Kier molecular flexibility index (Phi) is 3.81. The summed E-state index contributed by atoms with van der Waals surface area (Å²) in [6.45, 7) is 2.69. The summed E-state index contributed by atoms with van der Waals surface area (Å²) in [6, 6.07) is 7.35. The predicted molar refractivity (Wildman–Crippen MR) is 72.2 cm³/mol. The van der Waals surface area contributed by atoms with Crippen molar-refractivity contribution in [1.82, 2.24) is 9.97 Å². The number of aromatic nitrogens is 2. The number of fused-ring (bicyclic) bond motifs is 1. The Hall–Kier alpha value is -1.33. The summed E-state index contributed by atoms with van der Waals surface area (Å²) in [4.78, 5) is 19.0.